The highest BCUT2D eigenvalue weighted by Gasteiger charge is 2.33. The predicted molar refractivity (Wildman–Crippen MR) is 111 cm³/mol. The maximum atomic E-state index is 13.3. The molecule has 0 spiro atoms. The van der Waals surface area contributed by atoms with E-state index in [-0.39, 0.29) is 5.65 Å². The Morgan fingerprint density at radius 1 is 1.03 bits per heavy atom. The highest BCUT2D eigenvalue weighted by molar-refractivity contribution is 8.12. The van der Waals surface area contributed by atoms with Crippen LogP contribution in [0.5, 0.6) is 0 Å². The SMILES string of the molecule is CNc1ccc(-n2c(-c3ccccc3)nc3ccc(C(F)(F)F)nc32)cc1SC=O. The fraction of sp³-hybridized carbons (Fsp3) is 0.0952. The highest BCUT2D eigenvalue weighted by Crippen LogP contribution is 2.34. The molecule has 152 valence electrons. The van der Waals surface area contributed by atoms with Crippen molar-refractivity contribution in [2.45, 2.75) is 11.1 Å². The topological polar surface area (TPSA) is 59.8 Å². The summed E-state index contributed by atoms with van der Waals surface area (Å²) in [6.45, 7) is 0. The van der Waals surface area contributed by atoms with Crippen LogP contribution in [0.1, 0.15) is 5.69 Å². The minimum Gasteiger partial charge on any atom is -0.387 e. The number of fused-ring (bicyclic) bond motifs is 1. The third-order valence-corrected chi connectivity index (χ3v) is 5.18. The molecule has 2 heterocycles. The molecule has 0 saturated heterocycles. The molecule has 1 N–H and O–H groups in total. The molecule has 0 atom stereocenters. The van der Waals surface area contributed by atoms with Gasteiger partial charge in [0.15, 0.2) is 11.3 Å². The van der Waals surface area contributed by atoms with Crippen LogP contribution >= 0.6 is 11.8 Å². The van der Waals surface area contributed by atoms with Crippen LogP contribution < -0.4 is 5.32 Å². The maximum absolute atomic E-state index is 13.3. The number of hydrogen-bond acceptors (Lipinski definition) is 5. The molecule has 2 aromatic heterocycles. The second-order valence-corrected chi connectivity index (χ2v) is 7.19. The predicted octanol–water partition coefficient (Wildman–Crippen LogP) is 5.43. The van der Waals surface area contributed by atoms with E-state index in [1.165, 1.54) is 6.07 Å². The van der Waals surface area contributed by atoms with Gasteiger partial charge >= 0.3 is 6.18 Å². The average Bonchev–Trinajstić information content (AvgIpc) is 3.13. The molecular weight excluding hydrogens is 413 g/mol. The minimum absolute atomic E-state index is 0.0861. The first kappa shape index (κ1) is 20.0. The van der Waals surface area contributed by atoms with E-state index in [0.29, 0.717) is 27.5 Å². The lowest BCUT2D eigenvalue weighted by molar-refractivity contribution is -0.141. The van der Waals surface area contributed by atoms with Crippen LogP contribution in [0.15, 0.2) is 65.6 Å². The number of pyridine rings is 1. The molecule has 0 saturated carbocycles. The molecule has 9 heteroatoms. The lowest BCUT2D eigenvalue weighted by Gasteiger charge is -2.13. The highest BCUT2D eigenvalue weighted by atomic mass is 32.2. The number of nitrogens with zero attached hydrogens (tertiary/aromatic N) is 3. The molecule has 0 unspecified atom stereocenters. The van der Waals surface area contributed by atoms with Crippen LogP contribution in [0.2, 0.25) is 0 Å². The van der Waals surface area contributed by atoms with E-state index in [1.54, 1.807) is 29.8 Å². The summed E-state index contributed by atoms with van der Waals surface area (Å²) in [6.07, 6.45) is -4.58. The van der Waals surface area contributed by atoms with Gasteiger partial charge in [-0.2, -0.15) is 13.2 Å². The van der Waals surface area contributed by atoms with Crippen LogP contribution in [-0.4, -0.2) is 27.2 Å². The summed E-state index contributed by atoms with van der Waals surface area (Å²) in [5, 5.41) is 3.00. The number of carbonyl (C=O) groups excluding carboxylic acids is 1. The van der Waals surface area contributed by atoms with E-state index in [1.807, 2.05) is 30.3 Å². The summed E-state index contributed by atoms with van der Waals surface area (Å²) in [6, 6.07) is 16.6. The Labute approximate surface area is 174 Å². The lowest BCUT2D eigenvalue weighted by atomic mass is 10.2. The molecule has 0 bridgehead atoms. The van der Waals surface area contributed by atoms with Crippen molar-refractivity contribution >= 4 is 34.2 Å². The van der Waals surface area contributed by atoms with Crippen LogP contribution in [0.4, 0.5) is 18.9 Å². The van der Waals surface area contributed by atoms with E-state index in [2.05, 4.69) is 15.3 Å². The summed E-state index contributed by atoms with van der Waals surface area (Å²) in [5.74, 6) is 0.455. The normalized spacial score (nSPS) is 11.6. The number of rotatable bonds is 5. The standard InChI is InChI=1S/C21H15F3N4OS/c1-25-15-8-7-14(11-17(15)30-12-29)28-19(13-5-3-2-4-6-13)26-16-9-10-18(21(22,23)24)27-20(16)28/h2-12,25H,1H3. The van der Waals surface area contributed by atoms with Gasteiger partial charge in [-0.1, -0.05) is 42.1 Å². The van der Waals surface area contributed by atoms with Gasteiger partial charge in [-0.15, -0.1) is 0 Å². The summed E-state index contributed by atoms with van der Waals surface area (Å²) >= 11 is 0.975. The fourth-order valence-electron chi connectivity index (χ4n) is 3.15. The van der Waals surface area contributed by atoms with Gasteiger partial charge in [0.05, 0.1) is 5.69 Å². The van der Waals surface area contributed by atoms with Gasteiger partial charge in [0, 0.05) is 23.2 Å². The zero-order valence-corrected chi connectivity index (χ0v) is 16.5. The summed E-state index contributed by atoms with van der Waals surface area (Å²) in [7, 11) is 1.73. The van der Waals surface area contributed by atoms with E-state index < -0.39 is 11.9 Å². The van der Waals surface area contributed by atoms with Crippen molar-refractivity contribution in [2.24, 2.45) is 0 Å². The van der Waals surface area contributed by atoms with Crippen LogP contribution in [-0.2, 0) is 11.0 Å². The molecule has 2 aromatic carbocycles. The van der Waals surface area contributed by atoms with E-state index in [0.717, 1.165) is 29.1 Å². The van der Waals surface area contributed by atoms with Crippen molar-refractivity contribution in [2.75, 3.05) is 12.4 Å². The Balaban J connectivity index is 2.03. The number of anilines is 1. The number of nitrogens with one attached hydrogen (secondary N) is 1. The largest absolute Gasteiger partial charge is 0.433 e. The lowest BCUT2D eigenvalue weighted by Crippen LogP contribution is -2.09. The minimum atomic E-state index is -4.58. The van der Waals surface area contributed by atoms with Crippen LogP contribution in [0, 0.1) is 0 Å². The van der Waals surface area contributed by atoms with Crippen molar-refractivity contribution in [1.82, 2.24) is 14.5 Å². The molecule has 0 aliphatic heterocycles. The molecule has 4 aromatic rings. The van der Waals surface area contributed by atoms with Crippen molar-refractivity contribution in [1.29, 1.82) is 0 Å². The van der Waals surface area contributed by atoms with Gasteiger partial charge < -0.3 is 5.32 Å². The van der Waals surface area contributed by atoms with E-state index in [4.69, 9.17) is 0 Å². The maximum Gasteiger partial charge on any atom is 0.433 e. The Morgan fingerprint density at radius 2 is 1.80 bits per heavy atom. The molecule has 30 heavy (non-hydrogen) atoms. The van der Waals surface area contributed by atoms with Gasteiger partial charge in [-0.05, 0) is 30.3 Å². The van der Waals surface area contributed by atoms with E-state index >= 15 is 0 Å². The first-order valence-electron chi connectivity index (χ1n) is 8.87. The monoisotopic (exact) mass is 428 g/mol. The second kappa shape index (κ2) is 7.83. The first-order valence-corrected chi connectivity index (χ1v) is 9.75. The Kier molecular flexibility index (Phi) is 5.21. The number of carbonyl (C=O) groups is 1. The first-order chi connectivity index (χ1) is 14.4. The Bertz CT molecular complexity index is 1220. The second-order valence-electron chi connectivity index (χ2n) is 6.32. The van der Waals surface area contributed by atoms with Crippen molar-refractivity contribution in [3.05, 3.63) is 66.4 Å². The third-order valence-electron chi connectivity index (χ3n) is 4.49. The van der Waals surface area contributed by atoms with Gasteiger partial charge in [-0.25, -0.2) is 9.97 Å². The van der Waals surface area contributed by atoms with Crippen LogP contribution in [0.3, 0.4) is 0 Å². The average molecular weight is 428 g/mol. The molecule has 5 nitrogen and oxygen atoms in total. The number of hydrogen-bond donors (Lipinski definition) is 1. The van der Waals surface area contributed by atoms with Gasteiger partial charge in [0.2, 0.25) is 0 Å². The molecule has 0 amide bonds. The van der Waals surface area contributed by atoms with Gasteiger partial charge in [0.25, 0.3) is 0 Å². The fourth-order valence-corrected chi connectivity index (χ4v) is 3.74. The summed E-state index contributed by atoms with van der Waals surface area (Å²) < 4.78 is 41.5. The number of aromatic nitrogens is 3. The quantitative estimate of drug-likeness (QED) is 0.339. The number of halogens is 3. The van der Waals surface area contributed by atoms with Crippen molar-refractivity contribution < 1.29 is 18.0 Å². The smallest absolute Gasteiger partial charge is 0.387 e. The number of thioether (sulfide) groups is 1. The Hall–Kier alpha value is -3.33. The van der Waals surface area contributed by atoms with Crippen molar-refractivity contribution in [3.63, 3.8) is 0 Å². The van der Waals surface area contributed by atoms with Gasteiger partial charge in [-0.3, -0.25) is 9.36 Å². The summed E-state index contributed by atoms with van der Waals surface area (Å²) in [5.41, 5.74) is 2.13. The van der Waals surface area contributed by atoms with E-state index in [9.17, 15) is 18.0 Å². The zero-order chi connectivity index (χ0) is 21.3. The number of alkyl halides is 3. The number of imidazole rings is 1. The molecule has 0 aliphatic carbocycles. The third kappa shape index (κ3) is 3.63. The molecule has 0 fully saturated rings. The molecular formula is C21H15F3N4OS. The summed E-state index contributed by atoms with van der Waals surface area (Å²) in [4.78, 5) is 20.1. The number of benzene rings is 2. The molecule has 4 rings (SSSR count). The zero-order valence-electron chi connectivity index (χ0n) is 15.6. The molecule has 0 radical (unpaired) electrons. The van der Waals surface area contributed by atoms with Gasteiger partial charge in [0.1, 0.15) is 17.0 Å². The van der Waals surface area contributed by atoms with Crippen LogP contribution in [0.25, 0.3) is 28.2 Å². The van der Waals surface area contributed by atoms with Crippen molar-refractivity contribution in [3.8, 4) is 17.1 Å². The molecule has 0 aliphatic rings. The Morgan fingerprint density at radius 3 is 2.47 bits per heavy atom.